The van der Waals surface area contributed by atoms with Gasteiger partial charge in [0.1, 0.15) is 0 Å². The van der Waals surface area contributed by atoms with Crippen molar-refractivity contribution >= 4 is 17.5 Å². The second kappa shape index (κ2) is 6.47. The van der Waals surface area contributed by atoms with Crippen LogP contribution in [0, 0.1) is 5.92 Å². The van der Waals surface area contributed by atoms with E-state index in [1.165, 1.54) is 17.7 Å². The molecule has 1 aromatic heterocycles. The monoisotopic (exact) mass is 336 g/mol. The largest absolute Gasteiger partial charge is 0.338 e. The highest BCUT2D eigenvalue weighted by atomic mass is 16.2. The van der Waals surface area contributed by atoms with Gasteiger partial charge in [-0.1, -0.05) is 25.1 Å². The average molecular weight is 336 g/mol. The molecule has 2 aliphatic rings. The second-order valence-corrected chi connectivity index (χ2v) is 7.32. The van der Waals surface area contributed by atoms with Crippen LogP contribution in [-0.4, -0.2) is 39.9 Å². The van der Waals surface area contributed by atoms with Crippen molar-refractivity contribution in [3.63, 3.8) is 0 Å². The van der Waals surface area contributed by atoms with Crippen LogP contribution in [-0.2, 0) is 6.42 Å². The van der Waals surface area contributed by atoms with Crippen LogP contribution in [0.2, 0.25) is 0 Å². The Hall–Kier alpha value is -2.43. The molecule has 0 radical (unpaired) electrons. The third-order valence-corrected chi connectivity index (χ3v) is 5.25. The summed E-state index contributed by atoms with van der Waals surface area (Å²) in [5.74, 6) is 1.29. The standard InChI is InChI=1S/C20H24N4O/c1-14-6-5-9-23(13-14)19(25)17-11-21-20(22-12-17)24-15(2)10-16-7-3-4-8-18(16)24/h3-4,7-8,11-12,14-15H,5-6,9-10,13H2,1-2H3. The van der Waals surface area contributed by atoms with Crippen LogP contribution in [0.15, 0.2) is 36.7 Å². The molecule has 130 valence electrons. The maximum atomic E-state index is 12.7. The molecule has 5 nitrogen and oxygen atoms in total. The van der Waals surface area contributed by atoms with Gasteiger partial charge in [0.25, 0.3) is 5.91 Å². The zero-order chi connectivity index (χ0) is 17.4. The number of carbonyl (C=O) groups is 1. The molecular weight excluding hydrogens is 312 g/mol. The number of para-hydroxylation sites is 1. The van der Waals surface area contributed by atoms with Crippen molar-refractivity contribution in [3.05, 3.63) is 47.8 Å². The van der Waals surface area contributed by atoms with Crippen LogP contribution in [0.25, 0.3) is 0 Å². The number of carbonyl (C=O) groups excluding carboxylic acids is 1. The zero-order valence-corrected chi connectivity index (χ0v) is 14.9. The summed E-state index contributed by atoms with van der Waals surface area (Å²) in [5.41, 5.74) is 3.07. The number of fused-ring (bicyclic) bond motifs is 1. The smallest absolute Gasteiger partial charge is 0.257 e. The molecule has 0 bridgehead atoms. The number of hydrogen-bond acceptors (Lipinski definition) is 4. The lowest BCUT2D eigenvalue weighted by Gasteiger charge is -2.31. The van der Waals surface area contributed by atoms with E-state index in [9.17, 15) is 4.79 Å². The molecule has 2 unspecified atom stereocenters. The van der Waals surface area contributed by atoms with Crippen LogP contribution in [0.1, 0.15) is 42.6 Å². The molecule has 2 atom stereocenters. The molecule has 5 heteroatoms. The van der Waals surface area contributed by atoms with Crippen LogP contribution < -0.4 is 4.90 Å². The first-order chi connectivity index (χ1) is 12.1. The maximum Gasteiger partial charge on any atom is 0.257 e. The Bertz CT molecular complexity index is 774. The Kier molecular flexibility index (Phi) is 4.15. The first-order valence-electron chi connectivity index (χ1n) is 9.12. The first kappa shape index (κ1) is 16.1. The van der Waals surface area contributed by atoms with Gasteiger partial charge in [-0.05, 0) is 43.7 Å². The van der Waals surface area contributed by atoms with Crippen molar-refractivity contribution in [3.8, 4) is 0 Å². The minimum Gasteiger partial charge on any atom is -0.338 e. The number of rotatable bonds is 2. The van der Waals surface area contributed by atoms with E-state index in [-0.39, 0.29) is 5.91 Å². The molecule has 0 N–H and O–H groups in total. The summed E-state index contributed by atoms with van der Waals surface area (Å²) in [6.45, 7) is 6.04. The Morgan fingerprint density at radius 1 is 1.16 bits per heavy atom. The van der Waals surface area contributed by atoms with Crippen molar-refractivity contribution in [2.45, 2.75) is 39.2 Å². The molecule has 0 aliphatic carbocycles. The number of amides is 1. The highest BCUT2D eigenvalue weighted by molar-refractivity contribution is 5.93. The first-order valence-corrected chi connectivity index (χ1v) is 9.12. The molecule has 25 heavy (non-hydrogen) atoms. The van der Waals surface area contributed by atoms with Crippen molar-refractivity contribution in [1.82, 2.24) is 14.9 Å². The van der Waals surface area contributed by atoms with Gasteiger partial charge < -0.3 is 9.80 Å². The van der Waals surface area contributed by atoms with Gasteiger partial charge in [0.05, 0.1) is 5.56 Å². The van der Waals surface area contributed by atoms with Gasteiger partial charge in [-0.2, -0.15) is 0 Å². The van der Waals surface area contributed by atoms with Crippen molar-refractivity contribution in [1.29, 1.82) is 0 Å². The number of benzene rings is 1. The second-order valence-electron chi connectivity index (χ2n) is 7.32. The third kappa shape index (κ3) is 2.99. The highest BCUT2D eigenvalue weighted by Gasteiger charge is 2.29. The molecule has 0 saturated carbocycles. The summed E-state index contributed by atoms with van der Waals surface area (Å²) in [7, 11) is 0. The lowest BCUT2D eigenvalue weighted by Crippen LogP contribution is -2.39. The van der Waals surface area contributed by atoms with Gasteiger partial charge >= 0.3 is 0 Å². The molecule has 1 amide bonds. The molecular formula is C20H24N4O. The average Bonchev–Trinajstić information content (AvgIpc) is 2.97. The summed E-state index contributed by atoms with van der Waals surface area (Å²) in [6, 6.07) is 8.69. The molecule has 1 fully saturated rings. The number of anilines is 2. The number of aromatic nitrogens is 2. The fourth-order valence-corrected chi connectivity index (χ4v) is 3.98. The van der Waals surface area contributed by atoms with Crippen molar-refractivity contribution in [2.75, 3.05) is 18.0 Å². The molecule has 1 aromatic carbocycles. The number of piperidine rings is 1. The summed E-state index contributed by atoms with van der Waals surface area (Å²) in [5, 5.41) is 0. The van der Waals surface area contributed by atoms with Gasteiger partial charge in [-0.25, -0.2) is 9.97 Å². The van der Waals surface area contributed by atoms with E-state index in [0.29, 0.717) is 23.5 Å². The van der Waals surface area contributed by atoms with Crippen LogP contribution in [0.5, 0.6) is 0 Å². The van der Waals surface area contributed by atoms with E-state index in [0.717, 1.165) is 25.9 Å². The van der Waals surface area contributed by atoms with E-state index >= 15 is 0 Å². The molecule has 2 aromatic rings. The van der Waals surface area contributed by atoms with Gasteiger partial charge in [0, 0.05) is 37.2 Å². The van der Waals surface area contributed by atoms with Gasteiger partial charge in [-0.15, -0.1) is 0 Å². The lowest BCUT2D eigenvalue weighted by atomic mass is 10.00. The van der Waals surface area contributed by atoms with Gasteiger partial charge in [0.15, 0.2) is 0 Å². The predicted octanol–water partition coefficient (Wildman–Crippen LogP) is 3.43. The summed E-state index contributed by atoms with van der Waals surface area (Å²) >= 11 is 0. The highest BCUT2D eigenvalue weighted by Crippen LogP contribution is 2.36. The minimum absolute atomic E-state index is 0.0490. The Labute approximate surface area is 148 Å². The van der Waals surface area contributed by atoms with Gasteiger partial charge in [-0.3, -0.25) is 4.79 Å². The fraction of sp³-hybridized carbons (Fsp3) is 0.450. The summed E-state index contributed by atoms with van der Waals surface area (Å²) in [6.07, 6.45) is 6.63. The quantitative estimate of drug-likeness (QED) is 0.843. The topological polar surface area (TPSA) is 49.3 Å². The number of nitrogens with zero attached hydrogens (tertiary/aromatic N) is 4. The third-order valence-electron chi connectivity index (χ3n) is 5.25. The summed E-state index contributed by atoms with van der Waals surface area (Å²) < 4.78 is 0. The van der Waals surface area contributed by atoms with Crippen molar-refractivity contribution < 1.29 is 4.79 Å². The van der Waals surface area contributed by atoms with E-state index in [4.69, 9.17) is 0 Å². The van der Waals surface area contributed by atoms with E-state index < -0.39 is 0 Å². The van der Waals surface area contributed by atoms with Crippen LogP contribution in [0.3, 0.4) is 0 Å². The number of likely N-dealkylation sites (tertiary alicyclic amines) is 1. The Morgan fingerprint density at radius 3 is 2.68 bits per heavy atom. The van der Waals surface area contributed by atoms with E-state index in [2.05, 4.69) is 46.9 Å². The SMILES string of the molecule is CC1CCCN(C(=O)c2cnc(N3c4ccccc4CC3C)nc2)C1. The predicted molar refractivity (Wildman–Crippen MR) is 98.1 cm³/mol. The number of hydrogen-bond donors (Lipinski definition) is 0. The minimum atomic E-state index is 0.0490. The Morgan fingerprint density at radius 2 is 1.92 bits per heavy atom. The zero-order valence-electron chi connectivity index (χ0n) is 14.9. The Balaban J connectivity index is 1.55. The van der Waals surface area contributed by atoms with Crippen LogP contribution >= 0.6 is 0 Å². The summed E-state index contributed by atoms with van der Waals surface area (Å²) in [4.78, 5) is 25.8. The molecule has 4 rings (SSSR count). The fourth-order valence-electron chi connectivity index (χ4n) is 3.98. The molecule has 1 saturated heterocycles. The van der Waals surface area contributed by atoms with E-state index in [1.54, 1.807) is 12.4 Å². The normalized spacial score (nSPS) is 22.8. The maximum absolute atomic E-state index is 12.7. The van der Waals surface area contributed by atoms with E-state index in [1.807, 2.05) is 11.0 Å². The lowest BCUT2D eigenvalue weighted by molar-refractivity contribution is 0.0682. The van der Waals surface area contributed by atoms with Crippen LogP contribution in [0.4, 0.5) is 11.6 Å². The van der Waals surface area contributed by atoms with Gasteiger partial charge in [0.2, 0.25) is 5.95 Å². The van der Waals surface area contributed by atoms with Crippen molar-refractivity contribution in [2.24, 2.45) is 5.92 Å². The molecule has 3 heterocycles. The molecule has 2 aliphatic heterocycles. The molecule has 0 spiro atoms.